The molecule has 1 aliphatic heterocycles. The highest BCUT2D eigenvalue weighted by Gasteiger charge is 2.16. The summed E-state index contributed by atoms with van der Waals surface area (Å²) < 4.78 is 28.2. The van der Waals surface area contributed by atoms with Crippen molar-refractivity contribution in [2.24, 2.45) is 0 Å². The molecule has 1 aromatic carbocycles. The quantitative estimate of drug-likeness (QED) is 0.848. The molecule has 104 valence electrons. The van der Waals surface area contributed by atoms with Crippen molar-refractivity contribution < 1.29 is 18.3 Å². The van der Waals surface area contributed by atoms with Gasteiger partial charge in [-0.25, -0.2) is 0 Å². The Kier molecular flexibility index (Phi) is 4.68. The van der Waals surface area contributed by atoms with Crippen molar-refractivity contribution in [1.29, 1.82) is 0 Å². The van der Waals surface area contributed by atoms with Gasteiger partial charge in [0.1, 0.15) is 5.75 Å². The smallest absolute Gasteiger partial charge is 0.387 e. The second kappa shape index (κ2) is 6.47. The molecule has 2 rings (SSSR count). The number of nitrogens with one attached hydrogen (secondary N) is 2. The molecule has 1 aliphatic rings. The summed E-state index contributed by atoms with van der Waals surface area (Å²) in [5.41, 5.74) is 0.769. The molecule has 1 saturated heterocycles. The molecule has 0 saturated carbocycles. The summed E-state index contributed by atoms with van der Waals surface area (Å²) >= 11 is 0. The summed E-state index contributed by atoms with van der Waals surface area (Å²) in [6.07, 6.45) is 1.18. The van der Waals surface area contributed by atoms with Crippen LogP contribution in [0.2, 0.25) is 0 Å². The molecule has 6 heteroatoms. The van der Waals surface area contributed by atoms with Crippen LogP contribution in [0.1, 0.15) is 12.0 Å². The third-order valence-electron chi connectivity index (χ3n) is 2.94. The number of ether oxygens (including phenoxy) is 1. The first-order chi connectivity index (χ1) is 9.13. The van der Waals surface area contributed by atoms with E-state index in [0.29, 0.717) is 0 Å². The van der Waals surface area contributed by atoms with E-state index < -0.39 is 6.61 Å². The fraction of sp³-hybridized carbons (Fsp3) is 0.462. The van der Waals surface area contributed by atoms with Crippen LogP contribution in [0, 0.1) is 0 Å². The van der Waals surface area contributed by atoms with E-state index in [0.717, 1.165) is 25.1 Å². The second-order valence-electron chi connectivity index (χ2n) is 4.46. The Bertz CT molecular complexity index is 417. The number of alkyl halides is 2. The Labute approximate surface area is 110 Å². The minimum atomic E-state index is -2.83. The molecule has 1 fully saturated rings. The van der Waals surface area contributed by atoms with Gasteiger partial charge in [-0.2, -0.15) is 8.78 Å². The highest BCUT2D eigenvalue weighted by atomic mass is 19.3. The van der Waals surface area contributed by atoms with Gasteiger partial charge in [0.15, 0.2) is 0 Å². The van der Waals surface area contributed by atoms with E-state index in [9.17, 15) is 13.6 Å². The fourth-order valence-corrected chi connectivity index (χ4v) is 2.03. The van der Waals surface area contributed by atoms with Crippen LogP contribution < -0.4 is 15.4 Å². The van der Waals surface area contributed by atoms with Crippen molar-refractivity contribution in [2.45, 2.75) is 25.5 Å². The molecule has 0 aromatic heterocycles. The molecule has 4 nitrogen and oxygen atoms in total. The Hall–Kier alpha value is -1.69. The maximum Gasteiger partial charge on any atom is 0.387 e. The summed E-state index contributed by atoms with van der Waals surface area (Å²) in [6.45, 7) is -1.11. The molecule has 0 radical (unpaired) electrons. The van der Waals surface area contributed by atoms with Crippen LogP contribution in [-0.2, 0) is 11.2 Å². The predicted molar refractivity (Wildman–Crippen MR) is 66.2 cm³/mol. The van der Waals surface area contributed by atoms with Crippen LogP contribution in [0.5, 0.6) is 5.75 Å². The van der Waals surface area contributed by atoms with Crippen molar-refractivity contribution in [3.8, 4) is 5.75 Å². The van der Waals surface area contributed by atoms with Gasteiger partial charge in [-0.1, -0.05) is 12.1 Å². The first-order valence-corrected chi connectivity index (χ1v) is 6.17. The van der Waals surface area contributed by atoms with Crippen LogP contribution in [0.15, 0.2) is 24.3 Å². The zero-order valence-corrected chi connectivity index (χ0v) is 10.4. The minimum Gasteiger partial charge on any atom is -0.435 e. The number of benzene rings is 1. The van der Waals surface area contributed by atoms with E-state index in [1.54, 1.807) is 12.1 Å². The van der Waals surface area contributed by atoms with Gasteiger partial charge in [0.2, 0.25) is 5.91 Å². The van der Waals surface area contributed by atoms with Crippen molar-refractivity contribution in [1.82, 2.24) is 10.6 Å². The number of rotatable bonds is 5. The maximum absolute atomic E-state index is 12.0. The average Bonchev–Trinajstić information content (AvgIpc) is 2.83. The van der Waals surface area contributed by atoms with E-state index in [2.05, 4.69) is 15.4 Å². The Morgan fingerprint density at radius 1 is 1.42 bits per heavy atom. The molecule has 1 amide bonds. The van der Waals surface area contributed by atoms with Gasteiger partial charge in [0.25, 0.3) is 0 Å². The maximum atomic E-state index is 12.0. The molecule has 0 aliphatic carbocycles. The molecular formula is C13H16F2N2O2. The Morgan fingerprint density at radius 2 is 2.16 bits per heavy atom. The molecule has 2 N–H and O–H groups in total. The number of hydrogen-bond donors (Lipinski definition) is 2. The molecule has 1 heterocycles. The molecule has 1 aromatic rings. The van der Waals surface area contributed by atoms with Crippen LogP contribution >= 0.6 is 0 Å². The van der Waals surface area contributed by atoms with Crippen molar-refractivity contribution in [2.75, 3.05) is 13.1 Å². The zero-order chi connectivity index (χ0) is 13.7. The van der Waals surface area contributed by atoms with E-state index in [-0.39, 0.29) is 24.1 Å². The minimum absolute atomic E-state index is 0.0590. The molecule has 0 spiro atoms. The highest BCUT2D eigenvalue weighted by Crippen LogP contribution is 2.15. The number of halogens is 2. The van der Waals surface area contributed by atoms with E-state index in [4.69, 9.17) is 0 Å². The first kappa shape index (κ1) is 13.7. The summed E-state index contributed by atoms with van der Waals surface area (Å²) in [4.78, 5) is 11.7. The molecule has 0 bridgehead atoms. The van der Waals surface area contributed by atoms with Crippen LogP contribution in [0.25, 0.3) is 0 Å². The van der Waals surface area contributed by atoms with Crippen molar-refractivity contribution in [3.05, 3.63) is 29.8 Å². The van der Waals surface area contributed by atoms with Gasteiger partial charge >= 0.3 is 6.61 Å². The van der Waals surface area contributed by atoms with E-state index in [1.807, 2.05) is 0 Å². The number of carbonyl (C=O) groups excluding carboxylic acids is 1. The number of carbonyl (C=O) groups is 1. The van der Waals surface area contributed by atoms with Gasteiger partial charge < -0.3 is 15.4 Å². The van der Waals surface area contributed by atoms with Crippen molar-refractivity contribution in [3.63, 3.8) is 0 Å². The molecule has 19 heavy (non-hydrogen) atoms. The fourth-order valence-electron chi connectivity index (χ4n) is 2.03. The lowest BCUT2D eigenvalue weighted by molar-refractivity contribution is -0.121. The third-order valence-corrected chi connectivity index (χ3v) is 2.94. The monoisotopic (exact) mass is 270 g/mol. The first-order valence-electron chi connectivity index (χ1n) is 6.17. The lowest BCUT2D eigenvalue weighted by Gasteiger charge is -2.11. The van der Waals surface area contributed by atoms with E-state index in [1.165, 1.54) is 12.1 Å². The predicted octanol–water partition coefficient (Wildman–Crippen LogP) is 1.31. The SMILES string of the molecule is O=C(Cc1ccc(OC(F)F)cc1)NC1CCNC1. The van der Waals surface area contributed by atoms with Crippen LogP contribution in [0.4, 0.5) is 8.78 Å². The Morgan fingerprint density at radius 3 is 2.74 bits per heavy atom. The second-order valence-corrected chi connectivity index (χ2v) is 4.46. The standard InChI is InChI=1S/C13H16F2N2O2/c14-13(15)19-11-3-1-9(2-4-11)7-12(18)17-10-5-6-16-8-10/h1-4,10,13,16H,5-8H2,(H,17,18). The Balaban J connectivity index is 1.82. The lowest BCUT2D eigenvalue weighted by atomic mass is 10.1. The largest absolute Gasteiger partial charge is 0.435 e. The average molecular weight is 270 g/mol. The highest BCUT2D eigenvalue weighted by molar-refractivity contribution is 5.78. The van der Waals surface area contributed by atoms with Crippen molar-refractivity contribution >= 4 is 5.91 Å². The normalized spacial score (nSPS) is 18.6. The number of amides is 1. The summed E-state index contributed by atoms with van der Waals surface area (Å²) in [5.74, 6) is 0.0374. The topological polar surface area (TPSA) is 50.4 Å². The number of hydrogen-bond acceptors (Lipinski definition) is 3. The molecule has 1 unspecified atom stereocenters. The summed E-state index contributed by atoms with van der Waals surface area (Å²) in [7, 11) is 0. The summed E-state index contributed by atoms with van der Waals surface area (Å²) in [5, 5.41) is 6.09. The van der Waals surface area contributed by atoms with Gasteiger partial charge in [0, 0.05) is 12.6 Å². The van der Waals surface area contributed by atoms with Gasteiger partial charge in [-0.3, -0.25) is 4.79 Å². The molecular weight excluding hydrogens is 254 g/mol. The van der Waals surface area contributed by atoms with Crippen LogP contribution in [0.3, 0.4) is 0 Å². The van der Waals surface area contributed by atoms with Gasteiger partial charge in [-0.05, 0) is 30.7 Å². The van der Waals surface area contributed by atoms with E-state index >= 15 is 0 Å². The molecule has 1 atom stereocenters. The zero-order valence-electron chi connectivity index (χ0n) is 10.4. The summed E-state index contributed by atoms with van der Waals surface area (Å²) in [6, 6.07) is 6.29. The van der Waals surface area contributed by atoms with Gasteiger partial charge in [0.05, 0.1) is 6.42 Å². The van der Waals surface area contributed by atoms with Crippen LogP contribution in [-0.4, -0.2) is 31.7 Å². The lowest BCUT2D eigenvalue weighted by Crippen LogP contribution is -2.37. The van der Waals surface area contributed by atoms with Gasteiger partial charge in [-0.15, -0.1) is 0 Å². The third kappa shape index (κ3) is 4.48.